The number of aliphatic hydroxyl groups is 1. The predicted octanol–water partition coefficient (Wildman–Crippen LogP) is 3.57. The lowest BCUT2D eigenvalue weighted by atomic mass is 9.73. The van der Waals surface area contributed by atoms with Gasteiger partial charge < -0.3 is 10.6 Å². The highest BCUT2D eigenvalue weighted by atomic mass is 16.3. The summed E-state index contributed by atoms with van der Waals surface area (Å²) in [5.74, 6) is 1.98. The molecule has 100 valence electrons. The molecular formula is C14H32O2. The van der Waals surface area contributed by atoms with Crippen molar-refractivity contribution < 1.29 is 12.0 Å². The molecule has 3 N–H and O–H groups in total. The van der Waals surface area contributed by atoms with Crippen molar-refractivity contribution in [2.75, 3.05) is 0 Å². The molecule has 2 saturated carbocycles. The average Bonchev–Trinajstić information content (AvgIpc) is 2.34. The van der Waals surface area contributed by atoms with Gasteiger partial charge in [-0.3, -0.25) is 0 Å². The monoisotopic (exact) mass is 232 g/mol. The Morgan fingerprint density at radius 2 is 1.19 bits per heavy atom. The van der Waals surface area contributed by atoms with Crippen LogP contribution in [0.2, 0.25) is 0 Å². The molecule has 0 heterocycles. The van der Waals surface area contributed by atoms with Crippen LogP contribution < -0.4 is 0 Å². The van der Waals surface area contributed by atoms with Crippen LogP contribution in [0, 0.1) is 11.8 Å². The van der Waals surface area contributed by atoms with Crippen LogP contribution in [0.1, 0.15) is 73.1 Å². The first kappa shape index (κ1) is 15.9. The summed E-state index contributed by atoms with van der Waals surface area (Å²) in [6, 6.07) is 0. The second kappa shape index (κ2) is 9.00. The fraction of sp³-hybridized carbons (Fsp3) is 1.00. The van der Waals surface area contributed by atoms with Crippen molar-refractivity contribution in [3.63, 3.8) is 0 Å². The van der Waals surface area contributed by atoms with Gasteiger partial charge in [-0.05, 0) is 37.5 Å². The molecule has 0 spiro atoms. The van der Waals surface area contributed by atoms with Crippen LogP contribution in [-0.2, 0) is 0 Å². The summed E-state index contributed by atoms with van der Waals surface area (Å²) in [7, 11) is 0. The molecular weight excluding hydrogens is 200 g/mol. The molecule has 0 bridgehead atoms. The third-order valence-corrected chi connectivity index (χ3v) is 4.06. The van der Waals surface area contributed by atoms with Gasteiger partial charge in [0.15, 0.2) is 0 Å². The first-order chi connectivity index (χ1) is 7.36. The molecule has 0 radical (unpaired) electrons. The van der Waals surface area contributed by atoms with Crippen LogP contribution in [0.3, 0.4) is 0 Å². The number of hydrogen-bond donors (Lipinski definition) is 1. The van der Waals surface area contributed by atoms with E-state index in [0.717, 1.165) is 24.7 Å². The van der Waals surface area contributed by atoms with Crippen molar-refractivity contribution in [1.82, 2.24) is 0 Å². The molecule has 2 heteroatoms. The first-order valence-electron chi connectivity index (χ1n) is 7.04. The minimum Gasteiger partial charge on any atom is -0.412 e. The van der Waals surface area contributed by atoms with Gasteiger partial charge in [-0.1, -0.05) is 46.0 Å². The van der Waals surface area contributed by atoms with Crippen molar-refractivity contribution in [2.24, 2.45) is 11.8 Å². The Morgan fingerprint density at radius 1 is 0.750 bits per heavy atom. The maximum absolute atomic E-state index is 9.43. The zero-order chi connectivity index (χ0) is 11.1. The summed E-state index contributed by atoms with van der Waals surface area (Å²) in [6.45, 7) is 4.00. The van der Waals surface area contributed by atoms with E-state index in [0.29, 0.717) is 0 Å². The van der Waals surface area contributed by atoms with Crippen molar-refractivity contribution >= 4 is 0 Å². The van der Waals surface area contributed by atoms with E-state index in [9.17, 15) is 5.11 Å². The molecule has 0 saturated heterocycles. The first-order valence-corrected chi connectivity index (χ1v) is 7.04. The lowest BCUT2D eigenvalue weighted by Gasteiger charge is -2.34. The number of aliphatic hydroxyl groups excluding tert-OH is 1. The van der Waals surface area contributed by atoms with Crippen molar-refractivity contribution in [1.29, 1.82) is 0 Å². The van der Waals surface area contributed by atoms with Crippen LogP contribution in [0.15, 0.2) is 0 Å². The fourth-order valence-corrected chi connectivity index (χ4v) is 3.18. The van der Waals surface area contributed by atoms with Crippen LogP contribution in [-0.4, -0.2) is 16.7 Å². The van der Waals surface area contributed by atoms with Crippen LogP contribution >= 0.6 is 0 Å². The SMILES string of the molecule is CC.O.OC1CCC(C2CCCCC2)CC1.[HH]. The molecule has 2 fully saturated rings. The zero-order valence-electron chi connectivity index (χ0n) is 11.0. The highest BCUT2D eigenvalue weighted by Gasteiger charge is 2.27. The van der Waals surface area contributed by atoms with E-state index >= 15 is 0 Å². The van der Waals surface area contributed by atoms with E-state index in [-0.39, 0.29) is 13.0 Å². The van der Waals surface area contributed by atoms with E-state index in [1.807, 2.05) is 13.8 Å². The van der Waals surface area contributed by atoms with E-state index < -0.39 is 0 Å². The van der Waals surface area contributed by atoms with Gasteiger partial charge in [0.05, 0.1) is 6.10 Å². The molecule has 0 atom stereocenters. The highest BCUT2D eigenvalue weighted by molar-refractivity contribution is 4.79. The summed E-state index contributed by atoms with van der Waals surface area (Å²) >= 11 is 0. The Morgan fingerprint density at radius 3 is 1.69 bits per heavy atom. The van der Waals surface area contributed by atoms with Gasteiger partial charge in [-0.2, -0.15) is 0 Å². The maximum atomic E-state index is 9.43. The van der Waals surface area contributed by atoms with Gasteiger partial charge in [0, 0.05) is 1.43 Å². The predicted molar refractivity (Wildman–Crippen MR) is 71.6 cm³/mol. The number of hydrogen-bond acceptors (Lipinski definition) is 1. The normalized spacial score (nSPS) is 30.9. The second-order valence-electron chi connectivity index (χ2n) is 4.97. The van der Waals surface area contributed by atoms with Gasteiger partial charge in [0.1, 0.15) is 0 Å². The van der Waals surface area contributed by atoms with Crippen LogP contribution in [0.4, 0.5) is 0 Å². The summed E-state index contributed by atoms with van der Waals surface area (Å²) in [5.41, 5.74) is 0. The third kappa shape index (κ3) is 4.84. The van der Waals surface area contributed by atoms with E-state index in [4.69, 9.17) is 0 Å². The lowest BCUT2D eigenvalue weighted by molar-refractivity contribution is 0.0822. The minimum atomic E-state index is 0. The second-order valence-corrected chi connectivity index (χ2v) is 4.97. The Kier molecular flexibility index (Phi) is 8.96. The molecule has 0 aliphatic heterocycles. The molecule has 2 rings (SSSR count). The maximum Gasteiger partial charge on any atom is 0.0540 e. The van der Waals surface area contributed by atoms with Gasteiger partial charge in [-0.15, -0.1) is 0 Å². The molecule has 0 unspecified atom stereocenters. The number of rotatable bonds is 1. The third-order valence-electron chi connectivity index (χ3n) is 4.06. The summed E-state index contributed by atoms with van der Waals surface area (Å²) < 4.78 is 0. The molecule has 0 amide bonds. The Bertz CT molecular complexity index is 150. The van der Waals surface area contributed by atoms with Gasteiger partial charge >= 0.3 is 0 Å². The Labute approximate surface area is 102 Å². The van der Waals surface area contributed by atoms with E-state index in [1.165, 1.54) is 44.9 Å². The zero-order valence-corrected chi connectivity index (χ0v) is 11.0. The molecule has 0 aromatic carbocycles. The van der Waals surface area contributed by atoms with Crippen molar-refractivity contribution in [3.05, 3.63) is 0 Å². The van der Waals surface area contributed by atoms with Crippen LogP contribution in [0.5, 0.6) is 0 Å². The summed E-state index contributed by atoms with van der Waals surface area (Å²) in [5, 5.41) is 9.43. The van der Waals surface area contributed by atoms with Gasteiger partial charge in [0.25, 0.3) is 0 Å². The molecule has 0 aromatic heterocycles. The van der Waals surface area contributed by atoms with Gasteiger partial charge in [-0.25, -0.2) is 0 Å². The highest BCUT2D eigenvalue weighted by Crippen LogP contribution is 2.38. The standard InChI is InChI=1S/C12H22O.C2H6.H2O.H2/c13-12-8-6-11(7-9-12)10-4-2-1-3-5-10;1-2;;/h10-13H,1-9H2;1-2H3;1H2;1H. The van der Waals surface area contributed by atoms with Crippen molar-refractivity contribution in [2.45, 2.75) is 77.7 Å². The smallest absolute Gasteiger partial charge is 0.0540 e. The largest absolute Gasteiger partial charge is 0.412 e. The molecule has 2 aliphatic carbocycles. The molecule has 2 aliphatic rings. The Hall–Kier alpha value is -0.0800. The summed E-state index contributed by atoms with van der Waals surface area (Å²) in [4.78, 5) is 0. The minimum absolute atomic E-state index is 0. The molecule has 2 nitrogen and oxygen atoms in total. The Balaban J connectivity index is 0. The van der Waals surface area contributed by atoms with Crippen molar-refractivity contribution in [3.8, 4) is 0 Å². The lowest BCUT2D eigenvalue weighted by Crippen LogP contribution is -2.25. The average molecular weight is 232 g/mol. The van der Waals surface area contributed by atoms with Crippen LogP contribution in [0.25, 0.3) is 0 Å². The molecule has 0 aromatic rings. The van der Waals surface area contributed by atoms with E-state index in [1.54, 1.807) is 0 Å². The van der Waals surface area contributed by atoms with Gasteiger partial charge in [0.2, 0.25) is 0 Å². The van der Waals surface area contributed by atoms with E-state index in [2.05, 4.69) is 0 Å². The quantitative estimate of drug-likeness (QED) is 0.738. The fourth-order valence-electron chi connectivity index (χ4n) is 3.18. The summed E-state index contributed by atoms with van der Waals surface area (Å²) in [6.07, 6.45) is 12.1. The topological polar surface area (TPSA) is 51.7 Å². The molecule has 16 heavy (non-hydrogen) atoms.